The van der Waals surface area contributed by atoms with Crippen molar-refractivity contribution in [3.8, 4) is 0 Å². The van der Waals surface area contributed by atoms with Crippen LogP contribution in [0.3, 0.4) is 0 Å². The summed E-state index contributed by atoms with van der Waals surface area (Å²) in [6.07, 6.45) is 10.6. The third-order valence-electron chi connectivity index (χ3n) is 6.86. The predicted molar refractivity (Wildman–Crippen MR) is 114 cm³/mol. The Balaban J connectivity index is 2.27. The van der Waals surface area contributed by atoms with Crippen LogP contribution in [-0.4, -0.2) is 14.4 Å². The van der Waals surface area contributed by atoms with E-state index in [0.717, 1.165) is 5.92 Å². The Hall–Kier alpha value is -0.343. The second-order valence-corrected chi connectivity index (χ2v) is 14.9. The molecule has 0 aromatic carbocycles. The lowest BCUT2D eigenvalue weighted by atomic mass is 9.83. The molecule has 1 nitrogen and oxygen atoms in total. The van der Waals surface area contributed by atoms with Crippen molar-refractivity contribution in [3.63, 3.8) is 0 Å². The van der Waals surface area contributed by atoms with Crippen molar-refractivity contribution in [1.82, 2.24) is 0 Å². The number of allylic oxidation sites excluding steroid dienone is 2. The normalized spacial score (nSPS) is 24.5. The van der Waals surface area contributed by atoms with E-state index in [-0.39, 0.29) is 0 Å². The monoisotopic (exact) mass is 362 g/mol. The first-order valence-corrected chi connectivity index (χ1v) is 13.0. The van der Waals surface area contributed by atoms with E-state index in [4.69, 9.17) is 4.43 Å². The van der Waals surface area contributed by atoms with E-state index in [2.05, 4.69) is 61.5 Å². The van der Waals surface area contributed by atoms with E-state index in [1.807, 2.05) is 0 Å². The van der Waals surface area contributed by atoms with Gasteiger partial charge in [-0.3, -0.25) is 0 Å². The summed E-state index contributed by atoms with van der Waals surface area (Å²) in [6.45, 7) is 19.2. The van der Waals surface area contributed by atoms with Crippen LogP contribution in [0.25, 0.3) is 0 Å². The van der Waals surface area contributed by atoms with Gasteiger partial charge in [0.05, 0.1) is 6.10 Å². The Morgan fingerprint density at radius 2 is 1.68 bits per heavy atom. The van der Waals surface area contributed by atoms with Crippen molar-refractivity contribution in [3.05, 3.63) is 22.8 Å². The van der Waals surface area contributed by atoms with E-state index in [0.29, 0.717) is 22.7 Å². The Labute approximate surface area is 158 Å². The van der Waals surface area contributed by atoms with Gasteiger partial charge in [-0.15, -0.1) is 0 Å². The Morgan fingerprint density at radius 1 is 1.08 bits per heavy atom. The summed E-state index contributed by atoms with van der Waals surface area (Å²) in [5.41, 5.74) is 6.98. The van der Waals surface area contributed by atoms with E-state index >= 15 is 0 Å². The molecule has 0 aliphatic heterocycles. The van der Waals surface area contributed by atoms with E-state index in [9.17, 15) is 0 Å². The van der Waals surface area contributed by atoms with Gasteiger partial charge in [-0.25, -0.2) is 0 Å². The molecule has 2 rings (SSSR count). The number of hydrogen-bond acceptors (Lipinski definition) is 1. The standard InChI is InChI=1S/C23H42OSi/c1-9-10-11-20-15-22-21(14-19(20)8)12-13-23(22)24-25(16(2)3,17(4)5)18(6)7/h15-19,23H,9-14H2,1-8H3/t19-,23+/m0/s1. The van der Waals surface area contributed by atoms with Crippen LogP contribution in [0.1, 0.15) is 93.9 Å². The fraction of sp³-hybridized carbons (Fsp3) is 0.826. The van der Waals surface area contributed by atoms with Crippen molar-refractivity contribution in [1.29, 1.82) is 0 Å². The molecule has 0 bridgehead atoms. The Morgan fingerprint density at radius 3 is 2.20 bits per heavy atom. The minimum atomic E-state index is -1.80. The highest BCUT2D eigenvalue weighted by Gasteiger charge is 2.48. The van der Waals surface area contributed by atoms with Crippen LogP contribution in [0.4, 0.5) is 0 Å². The maximum atomic E-state index is 7.18. The Bertz CT molecular complexity index is 490. The van der Waals surface area contributed by atoms with Gasteiger partial charge in [-0.2, -0.15) is 0 Å². The molecule has 0 aromatic heterocycles. The minimum absolute atomic E-state index is 0.373. The van der Waals surface area contributed by atoms with Crippen molar-refractivity contribution in [2.75, 3.05) is 0 Å². The molecule has 0 spiro atoms. The smallest absolute Gasteiger partial charge is 0.201 e. The summed E-state index contributed by atoms with van der Waals surface area (Å²) >= 11 is 0. The molecule has 0 unspecified atom stereocenters. The van der Waals surface area contributed by atoms with Gasteiger partial charge in [0.15, 0.2) is 0 Å². The number of unbranched alkanes of at least 4 members (excludes halogenated alkanes) is 1. The summed E-state index contributed by atoms with van der Waals surface area (Å²) in [7, 11) is -1.80. The predicted octanol–water partition coefficient (Wildman–Crippen LogP) is 7.79. The summed E-state index contributed by atoms with van der Waals surface area (Å²) in [6, 6.07) is 0. The van der Waals surface area contributed by atoms with Crippen LogP contribution >= 0.6 is 0 Å². The van der Waals surface area contributed by atoms with Gasteiger partial charge in [0.25, 0.3) is 0 Å². The summed E-state index contributed by atoms with van der Waals surface area (Å²) in [5, 5.41) is 0. The summed E-state index contributed by atoms with van der Waals surface area (Å²) in [5.74, 6) is 0.742. The van der Waals surface area contributed by atoms with Gasteiger partial charge in [0.2, 0.25) is 8.32 Å². The largest absolute Gasteiger partial charge is 0.409 e. The SMILES string of the molecule is CCCCC1=CC2=C(CC[C@H]2O[Si](C(C)C)(C(C)C)C(C)C)C[C@@H]1C. The van der Waals surface area contributed by atoms with Crippen LogP contribution in [0.5, 0.6) is 0 Å². The molecule has 0 N–H and O–H groups in total. The number of rotatable bonds is 8. The maximum absolute atomic E-state index is 7.18. The third kappa shape index (κ3) is 4.16. The summed E-state index contributed by atoms with van der Waals surface area (Å²) in [4.78, 5) is 0. The van der Waals surface area contributed by atoms with Crippen LogP contribution in [-0.2, 0) is 4.43 Å². The van der Waals surface area contributed by atoms with E-state index < -0.39 is 8.32 Å². The molecule has 0 amide bonds. The lowest BCUT2D eigenvalue weighted by molar-refractivity contribution is 0.209. The molecular formula is C23H42OSi. The van der Waals surface area contributed by atoms with Gasteiger partial charge in [-0.1, -0.05) is 79.0 Å². The molecule has 0 heterocycles. The van der Waals surface area contributed by atoms with Crippen molar-refractivity contribution in [2.24, 2.45) is 5.92 Å². The van der Waals surface area contributed by atoms with Gasteiger partial charge < -0.3 is 4.43 Å². The zero-order valence-electron chi connectivity index (χ0n) is 18.1. The molecule has 0 saturated heterocycles. The average Bonchev–Trinajstić information content (AvgIpc) is 2.90. The maximum Gasteiger partial charge on any atom is 0.201 e. The van der Waals surface area contributed by atoms with Crippen molar-refractivity contribution >= 4 is 8.32 Å². The van der Waals surface area contributed by atoms with Crippen LogP contribution < -0.4 is 0 Å². The Kier molecular flexibility index (Phi) is 7.18. The lowest BCUT2D eigenvalue weighted by Crippen LogP contribution is -2.50. The summed E-state index contributed by atoms with van der Waals surface area (Å²) < 4.78 is 7.18. The van der Waals surface area contributed by atoms with Crippen LogP contribution in [0.15, 0.2) is 22.8 Å². The van der Waals surface area contributed by atoms with E-state index in [1.165, 1.54) is 38.5 Å². The zero-order chi connectivity index (χ0) is 18.8. The third-order valence-corrected chi connectivity index (χ3v) is 13.0. The van der Waals surface area contributed by atoms with Crippen molar-refractivity contribution in [2.45, 2.75) is 117 Å². The van der Waals surface area contributed by atoms with Gasteiger partial charge in [0.1, 0.15) is 0 Å². The topological polar surface area (TPSA) is 9.23 Å². The molecule has 25 heavy (non-hydrogen) atoms. The van der Waals surface area contributed by atoms with Gasteiger partial charge in [-0.05, 0) is 60.2 Å². The average molecular weight is 363 g/mol. The molecular weight excluding hydrogens is 320 g/mol. The molecule has 2 aliphatic rings. The van der Waals surface area contributed by atoms with E-state index in [1.54, 1.807) is 16.7 Å². The van der Waals surface area contributed by atoms with Gasteiger partial charge >= 0.3 is 0 Å². The molecule has 2 aliphatic carbocycles. The van der Waals surface area contributed by atoms with Crippen LogP contribution in [0, 0.1) is 5.92 Å². The molecule has 144 valence electrons. The second-order valence-electron chi connectivity index (χ2n) is 9.45. The molecule has 0 saturated carbocycles. The highest BCUT2D eigenvalue weighted by Crippen LogP contribution is 2.48. The highest BCUT2D eigenvalue weighted by molar-refractivity contribution is 6.77. The molecule has 0 radical (unpaired) electrons. The zero-order valence-corrected chi connectivity index (χ0v) is 19.1. The fourth-order valence-corrected chi connectivity index (χ4v) is 11.1. The molecule has 2 heteroatoms. The highest BCUT2D eigenvalue weighted by atomic mass is 28.4. The molecule has 0 fully saturated rings. The first-order chi connectivity index (χ1) is 11.7. The number of hydrogen-bond donors (Lipinski definition) is 0. The fourth-order valence-electron chi connectivity index (χ4n) is 5.57. The molecule has 0 aromatic rings. The second kappa shape index (κ2) is 8.56. The molecule has 2 atom stereocenters. The first-order valence-electron chi connectivity index (χ1n) is 10.8. The minimum Gasteiger partial charge on any atom is -0.409 e. The quantitative estimate of drug-likeness (QED) is 0.400. The lowest BCUT2D eigenvalue weighted by Gasteiger charge is -2.44. The van der Waals surface area contributed by atoms with Crippen molar-refractivity contribution < 1.29 is 4.43 Å². The first kappa shape index (κ1) is 21.0. The van der Waals surface area contributed by atoms with Gasteiger partial charge in [0, 0.05) is 0 Å². The van der Waals surface area contributed by atoms with Crippen LogP contribution in [0.2, 0.25) is 16.6 Å².